The summed E-state index contributed by atoms with van der Waals surface area (Å²) in [5.41, 5.74) is 1.12. The highest BCUT2D eigenvalue weighted by molar-refractivity contribution is 7.14. The molecule has 100 valence electrons. The van der Waals surface area contributed by atoms with Crippen LogP contribution < -0.4 is 4.74 Å². The van der Waals surface area contributed by atoms with Crippen molar-refractivity contribution in [1.29, 1.82) is 0 Å². The van der Waals surface area contributed by atoms with Gasteiger partial charge in [0.25, 0.3) is 0 Å². The number of aromatic nitrogens is 3. The number of pyridine rings is 1. The lowest BCUT2D eigenvalue weighted by Crippen LogP contribution is -1.97. The molecule has 3 heterocycles. The van der Waals surface area contributed by atoms with Crippen LogP contribution in [0.25, 0.3) is 16.4 Å². The van der Waals surface area contributed by atoms with Crippen molar-refractivity contribution in [2.24, 2.45) is 0 Å². The Labute approximate surface area is 119 Å². The molecule has 0 aromatic carbocycles. The van der Waals surface area contributed by atoms with Gasteiger partial charge in [0.2, 0.25) is 0 Å². The quantitative estimate of drug-likeness (QED) is 0.692. The van der Waals surface area contributed by atoms with Gasteiger partial charge in [-0.3, -0.25) is 4.79 Å². The third-order valence-electron chi connectivity index (χ3n) is 2.82. The lowest BCUT2D eigenvalue weighted by molar-refractivity contribution is 0.112. The SMILES string of the molecule is COc1ccsc1-c1nn(-c2ccccn2)cc1C=O. The first-order valence-corrected chi connectivity index (χ1v) is 6.79. The number of carbonyl (C=O) groups excluding carboxylic acids is 1. The van der Waals surface area contributed by atoms with E-state index in [1.807, 2.05) is 29.6 Å². The minimum absolute atomic E-state index is 0.511. The topological polar surface area (TPSA) is 57.0 Å². The zero-order chi connectivity index (χ0) is 13.9. The number of hydrogen-bond acceptors (Lipinski definition) is 5. The summed E-state index contributed by atoms with van der Waals surface area (Å²) in [6.45, 7) is 0. The Morgan fingerprint density at radius 1 is 1.35 bits per heavy atom. The standard InChI is InChI=1S/C14H11N3O2S/c1-19-11-5-7-20-14(11)13-10(9-18)8-17(16-13)12-4-2-3-6-15-12/h2-9H,1H3. The molecule has 20 heavy (non-hydrogen) atoms. The normalized spacial score (nSPS) is 10.4. The molecule has 0 spiro atoms. The van der Waals surface area contributed by atoms with Gasteiger partial charge in [-0.2, -0.15) is 5.10 Å². The second-order valence-electron chi connectivity index (χ2n) is 4.00. The monoisotopic (exact) mass is 285 g/mol. The molecule has 0 amide bonds. The van der Waals surface area contributed by atoms with Crippen LogP contribution in [0, 0.1) is 0 Å². The number of nitrogens with zero attached hydrogens (tertiary/aromatic N) is 3. The van der Waals surface area contributed by atoms with Crippen LogP contribution in [0.15, 0.2) is 42.0 Å². The number of thiophene rings is 1. The van der Waals surface area contributed by atoms with Crippen molar-refractivity contribution in [2.75, 3.05) is 7.11 Å². The van der Waals surface area contributed by atoms with Gasteiger partial charge in [0.1, 0.15) is 11.4 Å². The van der Waals surface area contributed by atoms with Gasteiger partial charge in [-0.25, -0.2) is 9.67 Å². The van der Waals surface area contributed by atoms with E-state index in [4.69, 9.17) is 4.74 Å². The van der Waals surface area contributed by atoms with Gasteiger partial charge in [0, 0.05) is 12.4 Å². The number of carbonyl (C=O) groups is 1. The molecule has 0 atom stereocenters. The summed E-state index contributed by atoms with van der Waals surface area (Å²) < 4.78 is 6.88. The number of methoxy groups -OCH3 is 1. The number of aldehydes is 1. The van der Waals surface area contributed by atoms with Gasteiger partial charge >= 0.3 is 0 Å². The van der Waals surface area contributed by atoms with Gasteiger partial charge in [-0.1, -0.05) is 6.07 Å². The molecule has 0 aliphatic rings. The zero-order valence-electron chi connectivity index (χ0n) is 10.7. The Morgan fingerprint density at radius 2 is 2.25 bits per heavy atom. The van der Waals surface area contributed by atoms with Crippen LogP contribution in [0.1, 0.15) is 10.4 Å². The Kier molecular flexibility index (Phi) is 3.30. The molecule has 3 aromatic rings. The number of hydrogen-bond donors (Lipinski definition) is 0. The predicted octanol–water partition coefficient (Wildman–Crippen LogP) is 2.82. The average molecular weight is 285 g/mol. The maximum Gasteiger partial charge on any atom is 0.153 e. The van der Waals surface area contributed by atoms with Crippen molar-refractivity contribution >= 4 is 17.6 Å². The number of rotatable bonds is 4. The zero-order valence-corrected chi connectivity index (χ0v) is 11.5. The molecule has 0 saturated heterocycles. The van der Waals surface area contributed by atoms with E-state index in [0.29, 0.717) is 22.8 Å². The molecule has 0 saturated carbocycles. The van der Waals surface area contributed by atoms with Crippen LogP contribution in [0.3, 0.4) is 0 Å². The minimum Gasteiger partial charge on any atom is -0.495 e. The highest BCUT2D eigenvalue weighted by Crippen LogP contribution is 2.36. The van der Waals surface area contributed by atoms with Crippen molar-refractivity contribution in [1.82, 2.24) is 14.8 Å². The molecule has 0 fully saturated rings. The van der Waals surface area contributed by atoms with E-state index in [1.54, 1.807) is 24.2 Å². The van der Waals surface area contributed by atoms with Crippen molar-refractivity contribution < 1.29 is 9.53 Å². The third-order valence-corrected chi connectivity index (χ3v) is 3.72. The van der Waals surface area contributed by atoms with Gasteiger partial charge in [-0.15, -0.1) is 11.3 Å². The highest BCUT2D eigenvalue weighted by atomic mass is 32.1. The Morgan fingerprint density at radius 3 is 2.95 bits per heavy atom. The maximum atomic E-state index is 11.3. The lowest BCUT2D eigenvalue weighted by atomic mass is 10.2. The summed E-state index contributed by atoms with van der Waals surface area (Å²) in [5.74, 6) is 1.38. The molecule has 0 N–H and O–H groups in total. The average Bonchev–Trinajstić information content (AvgIpc) is 3.13. The van der Waals surface area contributed by atoms with E-state index in [1.165, 1.54) is 11.3 Å². The molecule has 5 nitrogen and oxygen atoms in total. The van der Waals surface area contributed by atoms with Gasteiger partial charge < -0.3 is 4.74 Å². The highest BCUT2D eigenvalue weighted by Gasteiger charge is 2.17. The summed E-state index contributed by atoms with van der Waals surface area (Å²) in [6, 6.07) is 7.39. The van der Waals surface area contributed by atoms with Gasteiger partial charge in [0.05, 0.1) is 17.6 Å². The van der Waals surface area contributed by atoms with E-state index in [-0.39, 0.29) is 0 Å². The molecular weight excluding hydrogens is 274 g/mol. The summed E-state index contributed by atoms with van der Waals surface area (Å²) in [4.78, 5) is 16.3. The molecular formula is C14H11N3O2S. The van der Waals surface area contributed by atoms with Crippen LogP contribution in [0.2, 0.25) is 0 Å². The molecule has 0 radical (unpaired) electrons. The van der Waals surface area contributed by atoms with E-state index < -0.39 is 0 Å². The van der Waals surface area contributed by atoms with Crippen LogP contribution in [0.4, 0.5) is 0 Å². The largest absolute Gasteiger partial charge is 0.495 e. The summed E-state index contributed by atoms with van der Waals surface area (Å²) in [5, 5.41) is 6.36. The minimum atomic E-state index is 0.511. The molecule has 0 bridgehead atoms. The van der Waals surface area contributed by atoms with Gasteiger partial charge in [-0.05, 0) is 23.6 Å². The summed E-state index contributed by atoms with van der Waals surface area (Å²) >= 11 is 1.49. The van der Waals surface area contributed by atoms with E-state index in [0.717, 1.165) is 11.2 Å². The molecule has 6 heteroatoms. The first-order valence-electron chi connectivity index (χ1n) is 5.91. The second kappa shape index (κ2) is 5.26. The third kappa shape index (κ3) is 2.10. The van der Waals surface area contributed by atoms with Crippen molar-refractivity contribution in [3.05, 3.63) is 47.6 Å². The fraction of sp³-hybridized carbons (Fsp3) is 0.0714. The van der Waals surface area contributed by atoms with Crippen LogP contribution in [0.5, 0.6) is 5.75 Å². The van der Waals surface area contributed by atoms with Crippen LogP contribution >= 0.6 is 11.3 Å². The van der Waals surface area contributed by atoms with E-state index in [2.05, 4.69) is 10.1 Å². The molecule has 0 aliphatic heterocycles. The van der Waals surface area contributed by atoms with Crippen molar-refractivity contribution in [2.45, 2.75) is 0 Å². The fourth-order valence-corrected chi connectivity index (χ4v) is 2.75. The first kappa shape index (κ1) is 12.6. The van der Waals surface area contributed by atoms with Crippen LogP contribution in [-0.2, 0) is 0 Å². The summed E-state index contributed by atoms with van der Waals surface area (Å²) in [7, 11) is 1.60. The van der Waals surface area contributed by atoms with Crippen molar-refractivity contribution in [3.8, 4) is 22.1 Å². The van der Waals surface area contributed by atoms with E-state index in [9.17, 15) is 4.79 Å². The molecule has 3 aromatic heterocycles. The second-order valence-corrected chi connectivity index (χ2v) is 4.92. The predicted molar refractivity (Wildman–Crippen MR) is 76.6 cm³/mol. The Bertz CT molecular complexity index is 734. The van der Waals surface area contributed by atoms with Gasteiger partial charge in [0.15, 0.2) is 12.1 Å². The Balaban J connectivity index is 2.13. The molecule has 3 rings (SSSR count). The Hall–Kier alpha value is -2.47. The van der Waals surface area contributed by atoms with E-state index >= 15 is 0 Å². The van der Waals surface area contributed by atoms with Crippen LogP contribution in [-0.4, -0.2) is 28.2 Å². The lowest BCUT2D eigenvalue weighted by Gasteiger charge is -2.00. The number of ether oxygens (including phenoxy) is 1. The van der Waals surface area contributed by atoms with Crippen molar-refractivity contribution in [3.63, 3.8) is 0 Å². The molecule has 0 unspecified atom stereocenters. The smallest absolute Gasteiger partial charge is 0.153 e. The fourth-order valence-electron chi connectivity index (χ4n) is 1.89. The maximum absolute atomic E-state index is 11.3. The first-order chi connectivity index (χ1) is 9.83. The molecule has 0 aliphatic carbocycles. The summed E-state index contributed by atoms with van der Waals surface area (Å²) in [6.07, 6.45) is 4.15.